The van der Waals surface area contributed by atoms with Gasteiger partial charge in [-0.15, -0.1) is 0 Å². The molecule has 1 aliphatic carbocycles. The lowest BCUT2D eigenvalue weighted by Gasteiger charge is -2.31. The normalized spacial score (nSPS) is 23.5. The number of rotatable bonds is 7. The van der Waals surface area contributed by atoms with Gasteiger partial charge in [-0.05, 0) is 54.2 Å². The van der Waals surface area contributed by atoms with E-state index in [9.17, 15) is 18.0 Å². The number of morpholine rings is 1. The zero-order valence-electron chi connectivity index (χ0n) is 17.7. The summed E-state index contributed by atoms with van der Waals surface area (Å²) >= 11 is 0. The number of halogens is 3. The van der Waals surface area contributed by atoms with Crippen LogP contribution in [0.25, 0.3) is 0 Å². The molecule has 3 atom stereocenters. The summed E-state index contributed by atoms with van der Waals surface area (Å²) in [5.41, 5.74) is 1.78. The van der Waals surface area contributed by atoms with E-state index < -0.39 is 6.61 Å². The largest absolute Gasteiger partial charge is 0.435 e. The van der Waals surface area contributed by atoms with E-state index in [4.69, 9.17) is 4.74 Å². The number of hydrogen-bond donors (Lipinski definition) is 1. The van der Waals surface area contributed by atoms with Crippen LogP contribution in [0.2, 0.25) is 0 Å². The summed E-state index contributed by atoms with van der Waals surface area (Å²) in [5.74, 6) is -0.292. The summed E-state index contributed by atoms with van der Waals surface area (Å²) in [4.78, 5) is 15.2. The highest BCUT2D eigenvalue weighted by Crippen LogP contribution is 2.41. The second-order valence-corrected chi connectivity index (χ2v) is 8.28. The van der Waals surface area contributed by atoms with Gasteiger partial charge >= 0.3 is 6.61 Å². The number of nitrogens with one attached hydrogen (secondary N) is 1. The SMILES string of the molecule is O=C([C@H]1C[C@@H](NCc2cccc(OC(F)F)c2)C[C@@H]1c1ccc(F)cc1)N1CCOCC1. The van der Waals surface area contributed by atoms with E-state index in [1.54, 1.807) is 24.3 Å². The Morgan fingerprint density at radius 1 is 1.12 bits per heavy atom. The molecule has 1 N–H and O–H groups in total. The molecule has 5 nitrogen and oxygen atoms in total. The Kier molecular flexibility index (Phi) is 7.32. The van der Waals surface area contributed by atoms with Gasteiger partial charge in [0.2, 0.25) is 5.91 Å². The molecule has 0 unspecified atom stereocenters. The van der Waals surface area contributed by atoms with Crippen molar-refractivity contribution in [2.45, 2.75) is 38.0 Å². The Hall–Kier alpha value is -2.58. The van der Waals surface area contributed by atoms with Gasteiger partial charge in [-0.1, -0.05) is 24.3 Å². The van der Waals surface area contributed by atoms with Crippen LogP contribution in [0.5, 0.6) is 5.75 Å². The molecule has 1 saturated carbocycles. The summed E-state index contributed by atoms with van der Waals surface area (Å²) in [6, 6.07) is 13.0. The molecule has 0 spiro atoms. The maximum Gasteiger partial charge on any atom is 0.387 e. The van der Waals surface area contributed by atoms with Gasteiger partial charge in [0, 0.05) is 31.6 Å². The van der Waals surface area contributed by atoms with Crippen LogP contribution in [0.3, 0.4) is 0 Å². The molecule has 2 aromatic rings. The molecule has 1 amide bonds. The highest BCUT2D eigenvalue weighted by molar-refractivity contribution is 5.80. The van der Waals surface area contributed by atoms with Crippen molar-refractivity contribution in [2.24, 2.45) is 5.92 Å². The van der Waals surface area contributed by atoms with Crippen LogP contribution in [0.4, 0.5) is 13.2 Å². The molecule has 1 aliphatic heterocycles. The average Bonchev–Trinajstić information content (AvgIpc) is 3.22. The van der Waals surface area contributed by atoms with Crippen molar-refractivity contribution >= 4 is 5.91 Å². The summed E-state index contributed by atoms with van der Waals surface area (Å²) in [7, 11) is 0. The molecule has 2 aliphatic rings. The van der Waals surface area contributed by atoms with E-state index in [2.05, 4.69) is 10.1 Å². The Morgan fingerprint density at radius 3 is 2.59 bits per heavy atom. The first-order chi connectivity index (χ1) is 15.5. The standard InChI is InChI=1S/C24H27F3N2O3/c25-18-6-4-17(5-7-18)21-13-19(14-22(21)23(30)29-8-10-31-11-9-29)28-15-16-2-1-3-20(12-16)32-24(26)27/h1-7,12,19,21-22,24,28H,8-11,13-15H2/t19-,21+,22-/m0/s1. The number of benzene rings is 2. The van der Waals surface area contributed by atoms with Crippen LogP contribution in [0.1, 0.15) is 29.9 Å². The van der Waals surface area contributed by atoms with E-state index in [0.717, 1.165) is 17.5 Å². The van der Waals surface area contributed by atoms with Crippen LogP contribution in [0, 0.1) is 11.7 Å². The molecule has 0 radical (unpaired) electrons. The summed E-state index contributed by atoms with van der Waals surface area (Å²) < 4.78 is 48.3. The fourth-order valence-corrected chi connectivity index (χ4v) is 4.67. The van der Waals surface area contributed by atoms with Gasteiger partial charge in [0.15, 0.2) is 0 Å². The van der Waals surface area contributed by atoms with Crippen molar-refractivity contribution in [1.82, 2.24) is 10.2 Å². The minimum atomic E-state index is -2.86. The molecule has 32 heavy (non-hydrogen) atoms. The molecular formula is C24H27F3N2O3. The van der Waals surface area contributed by atoms with Crippen LogP contribution in [-0.4, -0.2) is 49.8 Å². The van der Waals surface area contributed by atoms with E-state index >= 15 is 0 Å². The summed E-state index contributed by atoms with van der Waals surface area (Å²) in [6.45, 7) is -0.145. The van der Waals surface area contributed by atoms with E-state index in [0.29, 0.717) is 39.3 Å². The first-order valence-corrected chi connectivity index (χ1v) is 10.9. The fourth-order valence-electron chi connectivity index (χ4n) is 4.67. The van der Waals surface area contributed by atoms with Gasteiger partial charge in [-0.25, -0.2) is 4.39 Å². The maximum atomic E-state index is 13.5. The predicted molar refractivity (Wildman–Crippen MR) is 113 cm³/mol. The van der Waals surface area contributed by atoms with Crippen molar-refractivity contribution in [3.63, 3.8) is 0 Å². The van der Waals surface area contributed by atoms with Crippen LogP contribution >= 0.6 is 0 Å². The lowest BCUT2D eigenvalue weighted by molar-refractivity contribution is -0.140. The first-order valence-electron chi connectivity index (χ1n) is 10.9. The van der Waals surface area contributed by atoms with Gasteiger partial charge < -0.3 is 19.7 Å². The molecule has 2 aromatic carbocycles. The van der Waals surface area contributed by atoms with Gasteiger partial charge in [-0.2, -0.15) is 8.78 Å². The highest BCUT2D eigenvalue weighted by Gasteiger charge is 2.41. The molecule has 172 valence electrons. The molecule has 0 bridgehead atoms. The topological polar surface area (TPSA) is 50.8 Å². The molecular weight excluding hydrogens is 421 g/mol. The molecule has 1 saturated heterocycles. The highest BCUT2D eigenvalue weighted by atomic mass is 19.3. The van der Waals surface area contributed by atoms with E-state index in [-0.39, 0.29) is 35.4 Å². The number of carbonyl (C=O) groups is 1. The third kappa shape index (κ3) is 5.61. The number of hydrogen-bond acceptors (Lipinski definition) is 4. The quantitative estimate of drug-likeness (QED) is 0.697. The third-order valence-corrected chi connectivity index (χ3v) is 6.22. The Bertz CT molecular complexity index is 904. The molecule has 1 heterocycles. The Morgan fingerprint density at radius 2 is 1.88 bits per heavy atom. The van der Waals surface area contributed by atoms with Crippen LogP contribution in [0.15, 0.2) is 48.5 Å². The number of carbonyl (C=O) groups excluding carboxylic acids is 1. The molecule has 8 heteroatoms. The second-order valence-electron chi connectivity index (χ2n) is 8.28. The lowest BCUT2D eigenvalue weighted by Crippen LogP contribution is -2.44. The van der Waals surface area contributed by atoms with E-state index in [1.165, 1.54) is 18.2 Å². The molecule has 4 rings (SSSR count). The fraction of sp³-hybridized carbons (Fsp3) is 0.458. The van der Waals surface area contributed by atoms with Crippen molar-refractivity contribution in [3.8, 4) is 5.75 Å². The minimum absolute atomic E-state index is 0.0167. The van der Waals surface area contributed by atoms with Crippen molar-refractivity contribution in [2.75, 3.05) is 26.3 Å². The predicted octanol–water partition coefficient (Wildman–Crippen LogP) is 3.94. The van der Waals surface area contributed by atoms with Crippen LogP contribution < -0.4 is 10.1 Å². The Labute approximate surface area is 185 Å². The smallest absolute Gasteiger partial charge is 0.387 e. The van der Waals surface area contributed by atoms with Gasteiger partial charge in [0.1, 0.15) is 11.6 Å². The third-order valence-electron chi connectivity index (χ3n) is 6.22. The molecule has 2 fully saturated rings. The Balaban J connectivity index is 1.45. The first kappa shape index (κ1) is 22.6. The van der Waals surface area contributed by atoms with Crippen molar-refractivity contribution < 1.29 is 27.4 Å². The number of alkyl halides is 2. The zero-order chi connectivity index (χ0) is 22.5. The summed E-state index contributed by atoms with van der Waals surface area (Å²) in [6.07, 6.45) is 1.39. The maximum absolute atomic E-state index is 13.5. The monoisotopic (exact) mass is 448 g/mol. The van der Waals surface area contributed by atoms with Gasteiger partial charge in [0.05, 0.1) is 13.2 Å². The van der Waals surface area contributed by atoms with Gasteiger partial charge in [0.25, 0.3) is 0 Å². The van der Waals surface area contributed by atoms with Crippen LogP contribution in [-0.2, 0) is 16.1 Å². The number of ether oxygens (including phenoxy) is 2. The summed E-state index contributed by atoms with van der Waals surface area (Å²) in [5, 5.41) is 3.46. The second kappa shape index (κ2) is 10.4. The minimum Gasteiger partial charge on any atom is -0.435 e. The van der Waals surface area contributed by atoms with Gasteiger partial charge in [-0.3, -0.25) is 4.79 Å². The lowest BCUT2D eigenvalue weighted by atomic mass is 9.88. The zero-order valence-corrected chi connectivity index (χ0v) is 17.7. The number of nitrogens with zero attached hydrogens (tertiary/aromatic N) is 1. The van der Waals surface area contributed by atoms with E-state index in [1.807, 2.05) is 11.0 Å². The number of amides is 1. The van der Waals surface area contributed by atoms with Crippen molar-refractivity contribution in [1.29, 1.82) is 0 Å². The average molecular weight is 448 g/mol. The van der Waals surface area contributed by atoms with Crippen molar-refractivity contribution in [3.05, 3.63) is 65.5 Å². The molecule has 0 aromatic heterocycles.